The first-order valence-corrected chi connectivity index (χ1v) is 7.63. The Hall–Kier alpha value is -3.16. The third-order valence-corrected chi connectivity index (χ3v) is 3.68. The monoisotopic (exact) mass is 361 g/mol. The molecule has 26 heavy (non-hydrogen) atoms. The van der Waals surface area contributed by atoms with E-state index in [0.717, 1.165) is 23.5 Å². The summed E-state index contributed by atoms with van der Waals surface area (Å²) in [7, 11) is 0. The summed E-state index contributed by atoms with van der Waals surface area (Å²) in [6.07, 6.45) is -4.76. The molecule has 0 spiro atoms. The van der Waals surface area contributed by atoms with Crippen molar-refractivity contribution >= 4 is 22.6 Å². The molecule has 2 aromatic carbocycles. The molecule has 134 valence electrons. The summed E-state index contributed by atoms with van der Waals surface area (Å²) in [4.78, 5) is 21.2. The number of carbonyl (C=O) groups excluding carboxylic acids is 1. The first-order valence-electron chi connectivity index (χ1n) is 7.63. The fourth-order valence-electron chi connectivity index (χ4n) is 2.32. The van der Waals surface area contributed by atoms with Gasteiger partial charge in [0.2, 0.25) is 0 Å². The fraction of sp³-hybridized carbons (Fsp3) is 0.167. The number of hydrogen-bond acceptors (Lipinski definition) is 4. The van der Waals surface area contributed by atoms with Crippen molar-refractivity contribution in [1.29, 1.82) is 0 Å². The standard InChI is InChI=1S/C18H14F3N3O2/c1-10-11(2)23-16-9-12(3-8-15(16)22-10)17(25)24-13-4-6-14(7-5-13)26-18(19,20)21/h3-9H,1-2H3,(H,24,25). The van der Waals surface area contributed by atoms with Crippen molar-refractivity contribution < 1.29 is 22.7 Å². The molecule has 0 unspecified atom stereocenters. The molecule has 3 rings (SSSR count). The van der Waals surface area contributed by atoms with Gasteiger partial charge in [-0.1, -0.05) is 0 Å². The van der Waals surface area contributed by atoms with E-state index in [0.29, 0.717) is 22.3 Å². The maximum absolute atomic E-state index is 12.4. The third kappa shape index (κ3) is 4.08. The van der Waals surface area contributed by atoms with Crippen molar-refractivity contribution in [2.24, 2.45) is 0 Å². The smallest absolute Gasteiger partial charge is 0.406 e. The van der Waals surface area contributed by atoms with Gasteiger partial charge in [-0.15, -0.1) is 13.2 Å². The third-order valence-electron chi connectivity index (χ3n) is 3.68. The Kier molecular flexibility index (Phi) is 4.50. The van der Waals surface area contributed by atoms with Crippen LogP contribution in [0.1, 0.15) is 21.7 Å². The molecule has 1 N–H and O–H groups in total. The van der Waals surface area contributed by atoms with Crippen molar-refractivity contribution in [2.75, 3.05) is 5.32 Å². The molecule has 0 atom stereocenters. The molecule has 0 radical (unpaired) electrons. The molecule has 1 heterocycles. The van der Waals surface area contributed by atoms with Gasteiger partial charge in [0.15, 0.2) is 0 Å². The molecule has 5 nitrogen and oxygen atoms in total. The molecule has 1 amide bonds. The number of amides is 1. The van der Waals surface area contributed by atoms with E-state index in [2.05, 4.69) is 20.0 Å². The normalized spacial score (nSPS) is 11.4. The van der Waals surface area contributed by atoms with Crippen LogP contribution in [-0.4, -0.2) is 22.2 Å². The Morgan fingerprint density at radius 3 is 2.19 bits per heavy atom. The number of rotatable bonds is 3. The maximum Gasteiger partial charge on any atom is 0.573 e. The van der Waals surface area contributed by atoms with Gasteiger partial charge < -0.3 is 10.1 Å². The van der Waals surface area contributed by atoms with E-state index < -0.39 is 12.3 Å². The van der Waals surface area contributed by atoms with E-state index >= 15 is 0 Å². The van der Waals surface area contributed by atoms with Gasteiger partial charge in [0.25, 0.3) is 5.91 Å². The molecular formula is C18H14F3N3O2. The second kappa shape index (κ2) is 6.62. The van der Waals surface area contributed by atoms with Crippen LogP contribution in [0, 0.1) is 13.8 Å². The number of nitrogens with zero attached hydrogens (tertiary/aromatic N) is 2. The minimum atomic E-state index is -4.76. The number of aromatic nitrogens is 2. The topological polar surface area (TPSA) is 64.1 Å². The number of alkyl halides is 3. The van der Waals surface area contributed by atoms with Gasteiger partial charge in [-0.05, 0) is 56.3 Å². The average Bonchev–Trinajstić information content (AvgIpc) is 2.56. The van der Waals surface area contributed by atoms with Crippen molar-refractivity contribution in [1.82, 2.24) is 9.97 Å². The van der Waals surface area contributed by atoms with Crippen LogP contribution in [0.15, 0.2) is 42.5 Å². The van der Waals surface area contributed by atoms with Crippen LogP contribution in [-0.2, 0) is 0 Å². The number of aryl methyl sites for hydroxylation is 2. The molecular weight excluding hydrogens is 347 g/mol. The van der Waals surface area contributed by atoms with Gasteiger partial charge in [0.05, 0.1) is 22.4 Å². The Labute approximate surface area is 146 Å². The summed E-state index contributed by atoms with van der Waals surface area (Å²) >= 11 is 0. The van der Waals surface area contributed by atoms with Crippen LogP contribution in [0.4, 0.5) is 18.9 Å². The van der Waals surface area contributed by atoms with E-state index in [1.165, 1.54) is 12.1 Å². The number of nitrogens with one attached hydrogen (secondary N) is 1. The number of fused-ring (bicyclic) bond motifs is 1. The second-order valence-electron chi connectivity index (χ2n) is 5.62. The fourth-order valence-corrected chi connectivity index (χ4v) is 2.32. The molecule has 0 aliphatic rings. The molecule has 0 aliphatic carbocycles. The van der Waals surface area contributed by atoms with Gasteiger partial charge in [-0.3, -0.25) is 4.79 Å². The van der Waals surface area contributed by atoms with Gasteiger partial charge in [0.1, 0.15) is 5.75 Å². The quantitative estimate of drug-likeness (QED) is 0.751. The Balaban J connectivity index is 1.77. The van der Waals surface area contributed by atoms with Crippen molar-refractivity contribution in [3.05, 3.63) is 59.4 Å². The molecule has 0 saturated heterocycles. The number of benzene rings is 2. The minimum absolute atomic E-state index is 0.343. The first-order chi connectivity index (χ1) is 12.2. The molecule has 0 aliphatic heterocycles. The van der Waals surface area contributed by atoms with E-state index in [4.69, 9.17) is 0 Å². The summed E-state index contributed by atoms with van der Waals surface area (Å²) in [5.41, 5.74) is 3.57. The Bertz CT molecular complexity index is 970. The average molecular weight is 361 g/mol. The molecule has 0 saturated carbocycles. The van der Waals surface area contributed by atoms with Crippen molar-refractivity contribution in [3.8, 4) is 5.75 Å². The number of hydrogen-bond donors (Lipinski definition) is 1. The largest absolute Gasteiger partial charge is 0.573 e. The van der Waals surface area contributed by atoms with Gasteiger partial charge in [-0.2, -0.15) is 0 Å². The zero-order valence-corrected chi connectivity index (χ0v) is 13.9. The Morgan fingerprint density at radius 2 is 1.58 bits per heavy atom. The number of anilines is 1. The lowest BCUT2D eigenvalue weighted by molar-refractivity contribution is -0.274. The summed E-state index contributed by atoms with van der Waals surface area (Å²) < 4.78 is 40.2. The number of halogens is 3. The van der Waals surface area contributed by atoms with Gasteiger partial charge in [-0.25, -0.2) is 9.97 Å². The van der Waals surface area contributed by atoms with Crippen LogP contribution in [0.25, 0.3) is 11.0 Å². The van der Waals surface area contributed by atoms with Crippen LogP contribution >= 0.6 is 0 Å². The lowest BCUT2D eigenvalue weighted by atomic mass is 10.1. The first kappa shape index (κ1) is 17.7. The van der Waals surface area contributed by atoms with Gasteiger partial charge >= 0.3 is 6.36 Å². The van der Waals surface area contributed by atoms with E-state index in [1.54, 1.807) is 18.2 Å². The lowest BCUT2D eigenvalue weighted by Gasteiger charge is -2.10. The zero-order chi connectivity index (χ0) is 18.9. The molecule has 8 heteroatoms. The second-order valence-corrected chi connectivity index (χ2v) is 5.62. The van der Waals surface area contributed by atoms with Crippen molar-refractivity contribution in [3.63, 3.8) is 0 Å². The number of carbonyl (C=O) groups is 1. The highest BCUT2D eigenvalue weighted by atomic mass is 19.4. The molecule has 0 bridgehead atoms. The predicted molar refractivity (Wildman–Crippen MR) is 90.1 cm³/mol. The van der Waals surface area contributed by atoms with Crippen LogP contribution < -0.4 is 10.1 Å². The summed E-state index contributed by atoms with van der Waals surface area (Å²) in [6.45, 7) is 3.69. The predicted octanol–water partition coefficient (Wildman–Crippen LogP) is 4.40. The maximum atomic E-state index is 12.4. The number of ether oxygens (including phenoxy) is 1. The Morgan fingerprint density at radius 1 is 0.962 bits per heavy atom. The highest BCUT2D eigenvalue weighted by Gasteiger charge is 2.30. The van der Waals surface area contributed by atoms with Gasteiger partial charge in [0, 0.05) is 11.3 Å². The lowest BCUT2D eigenvalue weighted by Crippen LogP contribution is -2.17. The molecule has 1 aromatic heterocycles. The van der Waals surface area contributed by atoms with Crippen LogP contribution in [0.2, 0.25) is 0 Å². The SMILES string of the molecule is Cc1nc2ccc(C(=O)Nc3ccc(OC(F)(F)F)cc3)cc2nc1C. The van der Waals surface area contributed by atoms with E-state index in [9.17, 15) is 18.0 Å². The van der Waals surface area contributed by atoms with Crippen LogP contribution in [0.3, 0.4) is 0 Å². The minimum Gasteiger partial charge on any atom is -0.406 e. The van der Waals surface area contributed by atoms with Crippen LogP contribution in [0.5, 0.6) is 5.75 Å². The molecule has 0 fully saturated rings. The van der Waals surface area contributed by atoms with E-state index in [-0.39, 0.29) is 5.75 Å². The molecule has 3 aromatic rings. The highest BCUT2D eigenvalue weighted by molar-refractivity contribution is 6.05. The van der Waals surface area contributed by atoms with Crippen molar-refractivity contribution in [2.45, 2.75) is 20.2 Å². The van der Waals surface area contributed by atoms with E-state index in [1.807, 2.05) is 13.8 Å². The highest BCUT2D eigenvalue weighted by Crippen LogP contribution is 2.24. The summed E-state index contributed by atoms with van der Waals surface area (Å²) in [6, 6.07) is 9.83. The summed E-state index contributed by atoms with van der Waals surface area (Å²) in [5.74, 6) is -0.765. The summed E-state index contributed by atoms with van der Waals surface area (Å²) in [5, 5.41) is 2.62. The zero-order valence-electron chi connectivity index (χ0n) is 13.9.